The molecule has 2 aliphatic carbocycles. The molecule has 2 saturated heterocycles. The van der Waals surface area contributed by atoms with Gasteiger partial charge in [0.15, 0.2) is 0 Å². The number of halogens is 1. The van der Waals surface area contributed by atoms with Crippen LogP contribution in [0.3, 0.4) is 0 Å². The normalized spacial score (nSPS) is 26.5. The lowest BCUT2D eigenvalue weighted by atomic mass is 9.49. The summed E-state index contributed by atoms with van der Waals surface area (Å²) in [7, 11) is 0. The maximum atomic E-state index is 15.3. The van der Waals surface area contributed by atoms with Crippen LogP contribution in [0.1, 0.15) is 29.9 Å². The van der Waals surface area contributed by atoms with Crippen molar-refractivity contribution in [1.29, 1.82) is 0 Å². The van der Waals surface area contributed by atoms with Crippen molar-refractivity contribution in [3.63, 3.8) is 0 Å². The smallest absolute Gasteiger partial charge is 0.269 e. The number of amides is 4. The second-order valence-electron chi connectivity index (χ2n) is 13.5. The van der Waals surface area contributed by atoms with Crippen molar-refractivity contribution in [2.24, 2.45) is 23.7 Å². The molecule has 4 aliphatic rings. The number of benzene rings is 4. The molecule has 11 nitrogen and oxygen atoms in total. The predicted octanol–water partition coefficient (Wildman–Crippen LogP) is 5.99. The van der Waals surface area contributed by atoms with Gasteiger partial charge in [-0.25, -0.2) is 4.90 Å². The minimum Gasteiger partial charge on any atom is -0.491 e. The summed E-state index contributed by atoms with van der Waals surface area (Å²) in [6.07, 6.45) is 2.33. The molecule has 262 valence electrons. The van der Waals surface area contributed by atoms with E-state index in [1.165, 1.54) is 29.2 Å². The van der Waals surface area contributed by atoms with Gasteiger partial charge in [0.1, 0.15) is 12.4 Å². The van der Waals surface area contributed by atoms with Gasteiger partial charge in [-0.3, -0.25) is 34.2 Å². The molecule has 4 aromatic carbocycles. The first-order valence-electron chi connectivity index (χ1n) is 17.0. The van der Waals surface area contributed by atoms with Gasteiger partial charge in [-0.1, -0.05) is 71.8 Å². The van der Waals surface area contributed by atoms with Gasteiger partial charge in [0.2, 0.25) is 23.6 Å². The third kappa shape index (κ3) is 4.98. The molecule has 0 unspecified atom stereocenters. The van der Waals surface area contributed by atoms with Crippen LogP contribution in [0.25, 0.3) is 0 Å². The molecular weight excluding hydrogens is 686 g/mol. The van der Waals surface area contributed by atoms with Crippen LogP contribution in [-0.4, -0.2) is 46.9 Å². The van der Waals surface area contributed by atoms with Gasteiger partial charge in [-0.05, 0) is 72.4 Å². The summed E-state index contributed by atoms with van der Waals surface area (Å²) in [6.45, 7) is -0.0715. The predicted molar refractivity (Wildman–Crippen MR) is 191 cm³/mol. The second kappa shape index (κ2) is 12.8. The monoisotopic (exact) mass is 717 g/mol. The van der Waals surface area contributed by atoms with E-state index in [0.717, 1.165) is 16.0 Å². The zero-order valence-electron chi connectivity index (χ0n) is 27.6. The largest absolute Gasteiger partial charge is 0.491 e. The molecule has 0 aromatic heterocycles. The summed E-state index contributed by atoms with van der Waals surface area (Å²) in [5, 5.41) is 21.0. The van der Waals surface area contributed by atoms with E-state index in [1.54, 1.807) is 36.4 Å². The van der Waals surface area contributed by atoms with Gasteiger partial charge in [-0.15, -0.1) is 0 Å². The number of rotatable bonds is 8. The van der Waals surface area contributed by atoms with Gasteiger partial charge < -0.3 is 9.84 Å². The number of imide groups is 2. The number of ether oxygens (including phenoxy) is 1. The number of anilines is 2. The van der Waals surface area contributed by atoms with Crippen molar-refractivity contribution in [2.75, 3.05) is 23.0 Å². The van der Waals surface area contributed by atoms with E-state index in [-0.39, 0.29) is 37.4 Å². The van der Waals surface area contributed by atoms with Crippen LogP contribution in [0.15, 0.2) is 115 Å². The highest BCUT2D eigenvalue weighted by atomic mass is 35.5. The number of aliphatic hydroxyl groups is 1. The van der Waals surface area contributed by atoms with Crippen LogP contribution in [0.4, 0.5) is 17.1 Å². The molecule has 12 heteroatoms. The molecule has 1 saturated carbocycles. The van der Waals surface area contributed by atoms with Gasteiger partial charge in [-0.2, -0.15) is 0 Å². The molecular formula is C40H32ClN3O8. The molecule has 52 heavy (non-hydrogen) atoms. The fourth-order valence-corrected chi connectivity index (χ4v) is 9.20. The Hall–Kier alpha value is -5.65. The number of non-ortho nitro benzene ring substituents is 1. The SMILES string of the molecule is O=C1[C@H]2[C@H](CC=C3[C@H]2C[C@H]2C(=O)N(c4cccc(Cl)c4)C(=O)[C@@]2(c2ccccc2)[C@H]3c2ccc(OCCO)cc2)C(=O)N1c1ccc([N+](=O)[O-])cc1. The van der Waals surface area contributed by atoms with E-state index in [1.807, 2.05) is 48.5 Å². The highest BCUT2D eigenvalue weighted by Crippen LogP contribution is 2.64. The summed E-state index contributed by atoms with van der Waals surface area (Å²) in [5.74, 6) is -4.93. The number of allylic oxidation sites excluding steroid dienone is 2. The van der Waals surface area contributed by atoms with Gasteiger partial charge in [0.05, 0.1) is 46.1 Å². The zero-order valence-corrected chi connectivity index (χ0v) is 28.4. The standard InChI is InChI=1S/C40H32ClN3O8/c41-25-7-4-8-28(21-25)43-37(47)33-22-32-30(17-18-31-34(32)38(48)42(36(31)46)26-11-13-27(14-12-26)44(50)51)35(23-9-15-29(16-10-23)52-20-19-45)40(33,39(43)49)24-5-2-1-3-6-24/h1-17,21,31-35,45H,18-20,22H2/t31-,32+,33-,34-,35-,40+/m0/s1. The van der Waals surface area contributed by atoms with Gasteiger partial charge in [0, 0.05) is 23.1 Å². The average Bonchev–Trinajstić information content (AvgIpc) is 3.55. The number of aliphatic hydroxyl groups excluding tert-OH is 1. The molecule has 4 amide bonds. The molecule has 8 rings (SSSR count). The number of nitro benzene ring substituents is 1. The van der Waals surface area contributed by atoms with Crippen molar-refractivity contribution in [3.05, 3.63) is 141 Å². The second-order valence-corrected chi connectivity index (χ2v) is 14.0. The molecule has 3 fully saturated rings. The number of hydrogen-bond acceptors (Lipinski definition) is 8. The molecule has 2 aliphatic heterocycles. The van der Waals surface area contributed by atoms with Crippen LogP contribution >= 0.6 is 11.6 Å². The first kappa shape index (κ1) is 33.5. The Balaban J connectivity index is 1.30. The van der Waals surface area contributed by atoms with Crippen LogP contribution in [0, 0.1) is 33.8 Å². The van der Waals surface area contributed by atoms with E-state index in [0.29, 0.717) is 22.0 Å². The molecule has 6 atom stereocenters. The van der Waals surface area contributed by atoms with Crippen LogP contribution < -0.4 is 14.5 Å². The van der Waals surface area contributed by atoms with E-state index in [4.69, 9.17) is 16.3 Å². The third-order valence-corrected chi connectivity index (χ3v) is 11.3. The average molecular weight is 718 g/mol. The highest BCUT2D eigenvalue weighted by molar-refractivity contribution is 6.32. The van der Waals surface area contributed by atoms with Crippen molar-refractivity contribution >= 4 is 52.3 Å². The lowest BCUT2D eigenvalue weighted by Gasteiger charge is -2.50. The molecule has 0 spiro atoms. The first-order valence-corrected chi connectivity index (χ1v) is 17.4. The lowest BCUT2D eigenvalue weighted by molar-refractivity contribution is -0.384. The Morgan fingerprint density at radius 3 is 2.23 bits per heavy atom. The number of carbonyl (C=O) groups is 4. The van der Waals surface area contributed by atoms with Crippen molar-refractivity contribution in [2.45, 2.75) is 24.2 Å². The Labute approximate surface area is 303 Å². The first-order chi connectivity index (χ1) is 25.2. The van der Waals surface area contributed by atoms with Crippen LogP contribution in [0.5, 0.6) is 5.75 Å². The van der Waals surface area contributed by atoms with Crippen LogP contribution in [-0.2, 0) is 24.6 Å². The number of nitro groups is 1. The minimum absolute atomic E-state index is 0.0953. The fourth-order valence-electron chi connectivity index (χ4n) is 9.02. The lowest BCUT2D eigenvalue weighted by Crippen LogP contribution is -2.53. The quantitative estimate of drug-likeness (QED) is 0.101. The Bertz CT molecular complexity index is 2160. The number of carbonyl (C=O) groups excluding carboxylic acids is 4. The number of fused-ring (bicyclic) bond motifs is 4. The van der Waals surface area contributed by atoms with E-state index < -0.39 is 63.6 Å². The maximum Gasteiger partial charge on any atom is 0.269 e. The van der Waals surface area contributed by atoms with Crippen molar-refractivity contribution in [3.8, 4) is 5.75 Å². The Kier molecular flexibility index (Phi) is 8.27. The summed E-state index contributed by atoms with van der Waals surface area (Å²) in [4.78, 5) is 71.7. The van der Waals surface area contributed by atoms with Crippen LogP contribution in [0.2, 0.25) is 5.02 Å². The summed E-state index contributed by atoms with van der Waals surface area (Å²) >= 11 is 6.38. The zero-order chi connectivity index (χ0) is 36.3. The third-order valence-electron chi connectivity index (χ3n) is 11.1. The maximum absolute atomic E-state index is 15.3. The Morgan fingerprint density at radius 1 is 0.827 bits per heavy atom. The molecule has 2 heterocycles. The molecule has 4 aromatic rings. The molecule has 1 N–H and O–H groups in total. The minimum atomic E-state index is -1.42. The molecule has 0 bridgehead atoms. The fraction of sp³-hybridized carbons (Fsp3) is 0.250. The number of hydrogen-bond donors (Lipinski definition) is 1. The Morgan fingerprint density at radius 2 is 1.56 bits per heavy atom. The number of nitrogens with zero attached hydrogens (tertiary/aromatic N) is 3. The summed E-state index contributed by atoms with van der Waals surface area (Å²) < 4.78 is 5.65. The van der Waals surface area contributed by atoms with Gasteiger partial charge >= 0.3 is 0 Å². The van der Waals surface area contributed by atoms with E-state index >= 15 is 4.79 Å². The van der Waals surface area contributed by atoms with E-state index in [9.17, 15) is 29.6 Å². The highest BCUT2D eigenvalue weighted by Gasteiger charge is 2.70. The van der Waals surface area contributed by atoms with Gasteiger partial charge in [0.25, 0.3) is 5.69 Å². The summed E-state index contributed by atoms with van der Waals surface area (Å²) in [5.41, 5.74) is 1.15. The molecule has 0 radical (unpaired) electrons. The van der Waals surface area contributed by atoms with Crippen molar-refractivity contribution in [1.82, 2.24) is 0 Å². The topological polar surface area (TPSA) is 147 Å². The van der Waals surface area contributed by atoms with E-state index in [2.05, 4.69) is 0 Å². The van der Waals surface area contributed by atoms with Crippen molar-refractivity contribution < 1.29 is 33.9 Å². The summed E-state index contributed by atoms with van der Waals surface area (Å²) in [6, 6.07) is 28.3.